The summed E-state index contributed by atoms with van der Waals surface area (Å²) in [7, 11) is 0. The molecule has 0 bridgehead atoms. The molecule has 1 heterocycles. The maximum absolute atomic E-state index is 5.77. The van der Waals surface area contributed by atoms with Gasteiger partial charge in [0.1, 0.15) is 11.6 Å². The number of hydrogen-bond acceptors (Lipinski definition) is 5. The third kappa shape index (κ3) is 3.46. The first kappa shape index (κ1) is 13.8. The minimum absolute atomic E-state index is 0.707. The van der Waals surface area contributed by atoms with E-state index in [1.807, 2.05) is 66.7 Å². The van der Waals surface area contributed by atoms with Gasteiger partial charge in [-0.15, -0.1) is 0 Å². The van der Waals surface area contributed by atoms with Crippen LogP contribution in [-0.2, 0) is 0 Å². The summed E-state index contributed by atoms with van der Waals surface area (Å²) in [6, 6.07) is 20.8. The van der Waals surface area contributed by atoms with Crippen LogP contribution in [0.2, 0.25) is 0 Å². The highest BCUT2D eigenvalue weighted by atomic mass is 15.1. The van der Waals surface area contributed by atoms with E-state index < -0.39 is 0 Å². The molecule has 22 heavy (non-hydrogen) atoms. The standard InChI is InChI=1S/C17H17N5/c18-12-4-1-6-14(10-12)20-16-8-3-9-17(22-16)21-15-7-2-5-13(19)11-15/h1-11H,18-19H2,(H2,20,21,22). The number of pyridine rings is 1. The zero-order valence-corrected chi connectivity index (χ0v) is 12.0. The molecule has 0 atom stereocenters. The van der Waals surface area contributed by atoms with Crippen molar-refractivity contribution in [3.8, 4) is 0 Å². The lowest BCUT2D eigenvalue weighted by molar-refractivity contribution is 1.29. The van der Waals surface area contributed by atoms with E-state index in [-0.39, 0.29) is 0 Å². The van der Waals surface area contributed by atoms with Crippen LogP contribution in [0.25, 0.3) is 0 Å². The van der Waals surface area contributed by atoms with E-state index >= 15 is 0 Å². The minimum Gasteiger partial charge on any atom is -0.399 e. The fourth-order valence-corrected chi connectivity index (χ4v) is 2.10. The molecule has 0 aliphatic carbocycles. The number of rotatable bonds is 4. The second-order valence-corrected chi connectivity index (χ2v) is 4.91. The minimum atomic E-state index is 0.707. The van der Waals surface area contributed by atoms with Gasteiger partial charge in [0.25, 0.3) is 0 Å². The Morgan fingerprint density at radius 3 is 1.55 bits per heavy atom. The lowest BCUT2D eigenvalue weighted by Gasteiger charge is -2.10. The van der Waals surface area contributed by atoms with Crippen LogP contribution in [0.15, 0.2) is 66.7 Å². The van der Waals surface area contributed by atoms with E-state index in [9.17, 15) is 0 Å². The number of benzene rings is 2. The van der Waals surface area contributed by atoms with Crippen LogP contribution >= 0.6 is 0 Å². The number of hydrogen-bond donors (Lipinski definition) is 4. The van der Waals surface area contributed by atoms with Gasteiger partial charge < -0.3 is 22.1 Å². The fourth-order valence-electron chi connectivity index (χ4n) is 2.10. The molecular weight excluding hydrogens is 274 g/mol. The first-order chi connectivity index (χ1) is 10.7. The van der Waals surface area contributed by atoms with E-state index in [1.165, 1.54) is 0 Å². The number of nitrogens with zero attached hydrogens (tertiary/aromatic N) is 1. The molecule has 5 heteroatoms. The smallest absolute Gasteiger partial charge is 0.132 e. The highest BCUT2D eigenvalue weighted by Crippen LogP contribution is 2.21. The quantitative estimate of drug-likeness (QED) is 0.550. The molecule has 0 saturated carbocycles. The van der Waals surface area contributed by atoms with Gasteiger partial charge in [-0.2, -0.15) is 0 Å². The van der Waals surface area contributed by atoms with Gasteiger partial charge in [-0.3, -0.25) is 0 Å². The molecule has 0 radical (unpaired) electrons. The molecule has 0 unspecified atom stereocenters. The normalized spacial score (nSPS) is 10.2. The molecule has 0 aliphatic rings. The van der Waals surface area contributed by atoms with Crippen molar-refractivity contribution in [1.29, 1.82) is 0 Å². The van der Waals surface area contributed by atoms with Crippen molar-refractivity contribution in [2.24, 2.45) is 0 Å². The van der Waals surface area contributed by atoms with Crippen LogP contribution in [0.1, 0.15) is 0 Å². The predicted octanol–water partition coefficient (Wildman–Crippen LogP) is 3.73. The number of nitrogen functional groups attached to an aromatic ring is 2. The summed E-state index contributed by atoms with van der Waals surface area (Å²) in [5, 5.41) is 6.45. The molecule has 1 aromatic heterocycles. The van der Waals surface area contributed by atoms with Gasteiger partial charge in [-0.05, 0) is 48.5 Å². The average Bonchev–Trinajstić information content (AvgIpc) is 2.47. The maximum atomic E-state index is 5.77. The van der Waals surface area contributed by atoms with Gasteiger partial charge in [-0.1, -0.05) is 18.2 Å². The summed E-state index contributed by atoms with van der Waals surface area (Å²) >= 11 is 0. The molecule has 0 fully saturated rings. The summed E-state index contributed by atoms with van der Waals surface area (Å²) < 4.78 is 0. The van der Waals surface area contributed by atoms with E-state index in [4.69, 9.17) is 11.5 Å². The third-order valence-electron chi connectivity index (χ3n) is 3.07. The molecule has 0 saturated heterocycles. The average molecular weight is 291 g/mol. The van der Waals surface area contributed by atoms with E-state index in [0.717, 1.165) is 23.0 Å². The van der Waals surface area contributed by atoms with Crippen LogP contribution < -0.4 is 22.1 Å². The Morgan fingerprint density at radius 2 is 1.09 bits per heavy atom. The molecular formula is C17H17N5. The number of anilines is 6. The number of nitrogens with two attached hydrogens (primary N) is 2. The van der Waals surface area contributed by atoms with Crippen molar-refractivity contribution in [2.45, 2.75) is 0 Å². The summed E-state index contributed by atoms with van der Waals surface area (Å²) in [5.74, 6) is 1.47. The Kier molecular flexibility index (Phi) is 3.78. The van der Waals surface area contributed by atoms with Gasteiger partial charge >= 0.3 is 0 Å². The van der Waals surface area contributed by atoms with Crippen molar-refractivity contribution in [1.82, 2.24) is 4.98 Å². The zero-order chi connectivity index (χ0) is 15.4. The molecule has 2 aromatic carbocycles. The first-order valence-electron chi connectivity index (χ1n) is 6.91. The number of aromatic nitrogens is 1. The Bertz CT molecular complexity index is 723. The summed E-state index contributed by atoms with van der Waals surface area (Å²) in [5.41, 5.74) is 14.8. The monoisotopic (exact) mass is 291 g/mol. The molecule has 3 aromatic rings. The number of nitrogens with one attached hydrogen (secondary N) is 2. The summed E-state index contributed by atoms with van der Waals surface area (Å²) in [6.07, 6.45) is 0. The molecule has 3 rings (SSSR count). The molecule has 110 valence electrons. The molecule has 5 nitrogen and oxygen atoms in total. The summed E-state index contributed by atoms with van der Waals surface area (Å²) in [6.45, 7) is 0. The van der Waals surface area contributed by atoms with E-state index in [2.05, 4.69) is 15.6 Å². The predicted molar refractivity (Wildman–Crippen MR) is 92.5 cm³/mol. The maximum Gasteiger partial charge on any atom is 0.132 e. The highest BCUT2D eigenvalue weighted by Gasteiger charge is 2.00. The molecule has 0 amide bonds. The van der Waals surface area contributed by atoms with E-state index in [1.54, 1.807) is 0 Å². The van der Waals surface area contributed by atoms with Gasteiger partial charge in [0.15, 0.2) is 0 Å². The van der Waals surface area contributed by atoms with Crippen LogP contribution in [0.3, 0.4) is 0 Å². The summed E-state index contributed by atoms with van der Waals surface area (Å²) in [4.78, 5) is 4.52. The van der Waals surface area contributed by atoms with Crippen LogP contribution in [0.5, 0.6) is 0 Å². The van der Waals surface area contributed by atoms with Gasteiger partial charge in [0.05, 0.1) is 0 Å². The van der Waals surface area contributed by atoms with Crippen molar-refractivity contribution in [3.63, 3.8) is 0 Å². The van der Waals surface area contributed by atoms with E-state index in [0.29, 0.717) is 11.4 Å². The lowest BCUT2D eigenvalue weighted by Crippen LogP contribution is -1.98. The van der Waals surface area contributed by atoms with Gasteiger partial charge in [-0.25, -0.2) is 4.98 Å². The third-order valence-corrected chi connectivity index (χ3v) is 3.07. The van der Waals surface area contributed by atoms with Gasteiger partial charge in [0, 0.05) is 22.7 Å². The SMILES string of the molecule is Nc1cccc(Nc2cccc(Nc3cccc(N)c3)n2)c1. The Balaban J connectivity index is 1.78. The lowest BCUT2D eigenvalue weighted by atomic mass is 10.2. The Morgan fingerprint density at radius 1 is 0.636 bits per heavy atom. The second kappa shape index (κ2) is 6.05. The molecule has 0 spiro atoms. The van der Waals surface area contributed by atoms with Crippen LogP contribution in [0, 0.1) is 0 Å². The van der Waals surface area contributed by atoms with Crippen LogP contribution in [0.4, 0.5) is 34.4 Å². The Labute approximate surface area is 129 Å². The zero-order valence-electron chi connectivity index (χ0n) is 12.0. The largest absolute Gasteiger partial charge is 0.399 e. The van der Waals surface area contributed by atoms with Crippen molar-refractivity contribution >= 4 is 34.4 Å². The molecule has 6 N–H and O–H groups in total. The van der Waals surface area contributed by atoms with Gasteiger partial charge in [0.2, 0.25) is 0 Å². The fraction of sp³-hybridized carbons (Fsp3) is 0. The molecule has 0 aliphatic heterocycles. The van der Waals surface area contributed by atoms with Crippen molar-refractivity contribution in [2.75, 3.05) is 22.1 Å². The second-order valence-electron chi connectivity index (χ2n) is 4.91. The topological polar surface area (TPSA) is 89.0 Å². The van der Waals surface area contributed by atoms with Crippen molar-refractivity contribution < 1.29 is 0 Å². The highest BCUT2D eigenvalue weighted by molar-refractivity contribution is 5.65. The van der Waals surface area contributed by atoms with Crippen molar-refractivity contribution in [3.05, 3.63) is 66.7 Å². The Hall–Kier alpha value is -3.21. The first-order valence-corrected chi connectivity index (χ1v) is 6.91. The van der Waals surface area contributed by atoms with Crippen LogP contribution in [-0.4, -0.2) is 4.98 Å².